The summed E-state index contributed by atoms with van der Waals surface area (Å²) in [6.07, 6.45) is 0. The van der Waals surface area contributed by atoms with Gasteiger partial charge in [-0.3, -0.25) is 0 Å². The summed E-state index contributed by atoms with van der Waals surface area (Å²) >= 11 is 0. The van der Waals surface area contributed by atoms with Crippen LogP contribution in [0.2, 0.25) is 0 Å². The zero-order valence-corrected chi connectivity index (χ0v) is 13.0. The van der Waals surface area contributed by atoms with Crippen molar-refractivity contribution in [3.63, 3.8) is 0 Å². The molecular weight excluding hydrogens is 296 g/mol. The Kier molecular flexibility index (Phi) is 5.57. The van der Waals surface area contributed by atoms with Gasteiger partial charge < -0.3 is 20.1 Å². The van der Waals surface area contributed by atoms with Crippen LogP contribution < -0.4 is 15.4 Å². The summed E-state index contributed by atoms with van der Waals surface area (Å²) in [5.74, 6) is 0.179. The van der Waals surface area contributed by atoms with E-state index in [0.29, 0.717) is 29.3 Å². The van der Waals surface area contributed by atoms with Gasteiger partial charge in [0.25, 0.3) is 0 Å². The number of benzene rings is 2. The van der Waals surface area contributed by atoms with Gasteiger partial charge in [0.1, 0.15) is 5.75 Å². The number of para-hydroxylation sites is 2. The number of methoxy groups -OCH3 is 1. The molecule has 2 amide bonds. The Morgan fingerprint density at radius 1 is 1.00 bits per heavy atom. The first-order chi connectivity index (χ1) is 11.1. The van der Waals surface area contributed by atoms with Crippen molar-refractivity contribution in [2.45, 2.75) is 6.92 Å². The summed E-state index contributed by atoms with van der Waals surface area (Å²) in [6, 6.07) is 13.2. The van der Waals surface area contributed by atoms with Gasteiger partial charge in [-0.2, -0.15) is 0 Å². The number of carbonyl (C=O) groups is 2. The molecule has 0 heterocycles. The van der Waals surface area contributed by atoms with Crippen LogP contribution in [-0.2, 0) is 4.74 Å². The molecule has 0 saturated carbocycles. The van der Waals surface area contributed by atoms with Gasteiger partial charge in [-0.1, -0.05) is 12.1 Å². The van der Waals surface area contributed by atoms with Gasteiger partial charge in [-0.05, 0) is 43.3 Å². The molecule has 2 aromatic carbocycles. The molecule has 0 radical (unpaired) electrons. The van der Waals surface area contributed by atoms with Crippen LogP contribution in [0.3, 0.4) is 0 Å². The molecule has 0 aliphatic rings. The molecule has 0 fully saturated rings. The Morgan fingerprint density at radius 3 is 2.35 bits per heavy atom. The SMILES string of the molecule is CCOC(=O)c1ccc(NC(=O)Nc2ccccc2OC)cc1. The monoisotopic (exact) mass is 314 g/mol. The number of nitrogens with one attached hydrogen (secondary N) is 2. The summed E-state index contributed by atoms with van der Waals surface area (Å²) in [7, 11) is 1.53. The Balaban J connectivity index is 1.99. The van der Waals surface area contributed by atoms with E-state index in [2.05, 4.69) is 10.6 Å². The Bertz CT molecular complexity index is 683. The number of amides is 2. The minimum Gasteiger partial charge on any atom is -0.495 e. The van der Waals surface area contributed by atoms with Crippen molar-refractivity contribution >= 4 is 23.4 Å². The lowest BCUT2D eigenvalue weighted by Crippen LogP contribution is -2.19. The molecular formula is C17H18N2O4. The Hall–Kier alpha value is -3.02. The number of urea groups is 1. The molecule has 0 aromatic heterocycles. The van der Waals surface area contributed by atoms with E-state index in [1.165, 1.54) is 7.11 Å². The van der Waals surface area contributed by atoms with Crippen LogP contribution in [0, 0.1) is 0 Å². The molecule has 0 unspecified atom stereocenters. The summed E-state index contributed by atoms with van der Waals surface area (Å²) < 4.78 is 10.1. The van der Waals surface area contributed by atoms with E-state index in [0.717, 1.165) is 0 Å². The number of anilines is 2. The fourth-order valence-electron chi connectivity index (χ4n) is 1.94. The molecule has 2 rings (SSSR count). The van der Waals surface area contributed by atoms with Gasteiger partial charge in [-0.25, -0.2) is 9.59 Å². The Morgan fingerprint density at radius 2 is 1.70 bits per heavy atom. The molecule has 0 aliphatic heterocycles. The zero-order valence-electron chi connectivity index (χ0n) is 13.0. The molecule has 23 heavy (non-hydrogen) atoms. The van der Waals surface area contributed by atoms with Crippen molar-refractivity contribution in [1.82, 2.24) is 0 Å². The normalized spacial score (nSPS) is 9.83. The first kappa shape index (κ1) is 16.4. The maximum Gasteiger partial charge on any atom is 0.338 e. The van der Waals surface area contributed by atoms with E-state index in [1.807, 2.05) is 6.07 Å². The van der Waals surface area contributed by atoms with Gasteiger partial charge in [0.15, 0.2) is 0 Å². The molecule has 6 nitrogen and oxygen atoms in total. The number of rotatable bonds is 5. The third-order valence-electron chi connectivity index (χ3n) is 3.01. The van der Waals surface area contributed by atoms with E-state index in [9.17, 15) is 9.59 Å². The summed E-state index contributed by atoms with van der Waals surface area (Å²) in [4.78, 5) is 23.6. The second-order valence-corrected chi connectivity index (χ2v) is 4.58. The minimum absolute atomic E-state index is 0.320. The standard InChI is InChI=1S/C17H18N2O4/c1-3-23-16(20)12-8-10-13(11-9-12)18-17(21)19-14-6-4-5-7-15(14)22-2/h4-11H,3H2,1-2H3,(H2,18,19,21). The first-order valence-electron chi connectivity index (χ1n) is 7.12. The summed E-state index contributed by atoms with van der Waals surface area (Å²) in [6.45, 7) is 2.07. The highest BCUT2D eigenvalue weighted by Crippen LogP contribution is 2.23. The molecule has 120 valence electrons. The lowest BCUT2D eigenvalue weighted by Gasteiger charge is -2.11. The van der Waals surface area contributed by atoms with Crippen molar-refractivity contribution in [3.05, 3.63) is 54.1 Å². The molecule has 6 heteroatoms. The highest BCUT2D eigenvalue weighted by molar-refractivity contribution is 6.01. The molecule has 0 spiro atoms. The fraction of sp³-hybridized carbons (Fsp3) is 0.176. The van der Waals surface area contributed by atoms with Crippen molar-refractivity contribution < 1.29 is 19.1 Å². The van der Waals surface area contributed by atoms with E-state index >= 15 is 0 Å². The number of ether oxygens (including phenoxy) is 2. The van der Waals surface area contributed by atoms with Crippen LogP contribution in [0.5, 0.6) is 5.75 Å². The maximum atomic E-state index is 12.0. The molecule has 0 bridgehead atoms. The summed E-state index contributed by atoms with van der Waals surface area (Å²) in [5, 5.41) is 5.38. The fourth-order valence-corrected chi connectivity index (χ4v) is 1.94. The molecule has 0 aliphatic carbocycles. The van der Waals surface area contributed by atoms with Crippen LogP contribution in [-0.4, -0.2) is 25.7 Å². The van der Waals surface area contributed by atoms with Crippen molar-refractivity contribution in [3.8, 4) is 5.75 Å². The maximum absolute atomic E-state index is 12.0. The van der Waals surface area contributed by atoms with Gasteiger partial charge in [0.05, 0.1) is 25.0 Å². The second-order valence-electron chi connectivity index (χ2n) is 4.58. The third-order valence-corrected chi connectivity index (χ3v) is 3.01. The average Bonchev–Trinajstić information content (AvgIpc) is 2.56. The topological polar surface area (TPSA) is 76.7 Å². The average molecular weight is 314 g/mol. The van der Waals surface area contributed by atoms with Gasteiger partial charge in [0, 0.05) is 5.69 Å². The van der Waals surface area contributed by atoms with Gasteiger partial charge in [0.2, 0.25) is 0 Å². The number of hydrogen-bond donors (Lipinski definition) is 2. The van der Waals surface area contributed by atoms with Gasteiger partial charge in [-0.15, -0.1) is 0 Å². The quantitative estimate of drug-likeness (QED) is 0.828. The predicted octanol–water partition coefficient (Wildman–Crippen LogP) is 3.52. The van der Waals surface area contributed by atoms with Crippen LogP contribution >= 0.6 is 0 Å². The molecule has 2 aromatic rings. The van der Waals surface area contributed by atoms with E-state index in [-0.39, 0.29) is 0 Å². The lowest BCUT2D eigenvalue weighted by atomic mass is 10.2. The highest BCUT2D eigenvalue weighted by Gasteiger charge is 2.09. The largest absolute Gasteiger partial charge is 0.495 e. The highest BCUT2D eigenvalue weighted by atomic mass is 16.5. The van der Waals surface area contributed by atoms with Crippen molar-refractivity contribution in [2.75, 3.05) is 24.4 Å². The third kappa shape index (κ3) is 4.47. The van der Waals surface area contributed by atoms with Crippen LogP contribution in [0.15, 0.2) is 48.5 Å². The van der Waals surface area contributed by atoms with Crippen LogP contribution in [0.4, 0.5) is 16.2 Å². The van der Waals surface area contributed by atoms with E-state index in [1.54, 1.807) is 49.4 Å². The minimum atomic E-state index is -0.404. The first-order valence-corrected chi connectivity index (χ1v) is 7.12. The van der Waals surface area contributed by atoms with Crippen LogP contribution in [0.1, 0.15) is 17.3 Å². The van der Waals surface area contributed by atoms with Crippen molar-refractivity contribution in [1.29, 1.82) is 0 Å². The number of esters is 1. The molecule has 0 saturated heterocycles. The van der Waals surface area contributed by atoms with Crippen molar-refractivity contribution in [2.24, 2.45) is 0 Å². The number of hydrogen-bond acceptors (Lipinski definition) is 4. The summed E-state index contributed by atoms with van der Waals surface area (Å²) in [5.41, 5.74) is 1.56. The molecule has 2 N–H and O–H groups in total. The van der Waals surface area contributed by atoms with E-state index in [4.69, 9.17) is 9.47 Å². The smallest absolute Gasteiger partial charge is 0.338 e. The lowest BCUT2D eigenvalue weighted by molar-refractivity contribution is 0.0526. The molecule has 0 atom stereocenters. The van der Waals surface area contributed by atoms with Gasteiger partial charge >= 0.3 is 12.0 Å². The predicted molar refractivity (Wildman–Crippen MR) is 88.0 cm³/mol. The number of carbonyl (C=O) groups excluding carboxylic acids is 2. The second kappa shape index (κ2) is 7.84. The van der Waals surface area contributed by atoms with E-state index < -0.39 is 12.0 Å². The Labute approximate surface area is 134 Å². The zero-order chi connectivity index (χ0) is 16.7. The van der Waals surface area contributed by atoms with Crippen LogP contribution in [0.25, 0.3) is 0 Å².